The first-order valence-corrected chi connectivity index (χ1v) is 7.69. The minimum absolute atomic E-state index is 0.0423. The van der Waals surface area contributed by atoms with Crippen LogP contribution in [0.1, 0.15) is 24.2 Å². The number of morpholine rings is 1. The van der Waals surface area contributed by atoms with Crippen LogP contribution < -0.4 is 9.47 Å². The summed E-state index contributed by atoms with van der Waals surface area (Å²) in [6.45, 7) is 4.82. The van der Waals surface area contributed by atoms with Crippen LogP contribution in [-0.4, -0.2) is 50.3 Å². The van der Waals surface area contributed by atoms with Crippen molar-refractivity contribution >= 4 is 29.1 Å². The van der Waals surface area contributed by atoms with Gasteiger partial charge in [-0.3, -0.25) is 4.79 Å². The largest absolute Gasteiger partial charge is 0.494 e. The summed E-state index contributed by atoms with van der Waals surface area (Å²) in [5, 5.41) is 0.539. The van der Waals surface area contributed by atoms with Gasteiger partial charge in [0, 0.05) is 13.1 Å². The van der Waals surface area contributed by atoms with E-state index >= 15 is 0 Å². The quantitative estimate of drug-likeness (QED) is 0.841. The van der Waals surface area contributed by atoms with Crippen LogP contribution in [0.5, 0.6) is 11.5 Å². The second kappa shape index (κ2) is 6.94. The zero-order valence-electron chi connectivity index (χ0n) is 13.0. The molecule has 122 valence electrons. The summed E-state index contributed by atoms with van der Waals surface area (Å²) in [6, 6.07) is 1.50. The van der Waals surface area contributed by atoms with Crippen molar-refractivity contribution in [1.82, 2.24) is 4.90 Å². The fraction of sp³-hybridized carbons (Fsp3) is 0.533. The Kier molecular flexibility index (Phi) is 5.42. The van der Waals surface area contributed by atoms with E-state index in [1.807, 2.05) is 13.8 Å². The number of methoxy groups -OCH3 is 2. The van der Waals surface area contributed by atoms with Crippen molar-refractivity contribution in [3.63, 3.8) is 0 Å². The van der Waals surface area contributed by atoms with Gasteiger partial charge < -0.3 is 19.1 Å². The molecular weight excluding hydrogens is 329 g/mol. The molecule has 22 heavy (non-hydrogen) atoms. The predicted octanol–water partition coefficient (Wildman–Crippen LogP) is 3.26. The summed E-state index contributed by atoms with van der Waals surface area (Å²) in [6.07, 6.45) is -0.0845. The number of rotatable bonds is 3. The van der Waals surface area contributed by atoms with E-state index < -0.39 is 0 Å². The lowest BCUT2D eigenvalue weighted by Gasteiger charge is -2.35. The lowest BCUT2D eigenvalue weighted by atomic mass is 10.1. The Hall–Kier alpha value is -1.17. The monoisotopic (exact) mass is 347 g/mol. The second-order valence-electron chi connectivity index (χ2n) is 5.25. The third kappa shape index (κ3) is 3.26. The lowest BCUT2D eigenvalue weighted by Crippen LogP contribution is -2.48. The van der Waals surface area contributed by atoms with Crippen molar-refractivity contribution in [2.24, 2.45) is 0 Å². The molecule has 2 unspecified atom stereocenters. The Morgan fingerprint density at radius 1 is 1.14 bits per heavy atom. The van der Waals surface area contributed by atoms with Gasteiger partial charge in [-0.05, 0) is 19.9 Å². The Balaban J connectivity index is 2.48. The Morgan fingerprint density at radius 3 is 2.00 bits per heavy atom. The highest BCUT2D eigenvalue weighted by Gasteiger charge is 2.32. The summed E-state index contributed by atoms with van der Waals surface area (Å²) < 4.78 is 16.2. The van der Waals surface area contributed by atoms with Crippen LogP contribution in [0.4, 0.5) is 0 Å². The molecule has 1 saturated heterocycles. The van der Waals surface area contributed by atoms with Gasteiger partial charge in [0.2, 0.25) is 0 Å². The summed E-state index contributed by atoms with van der Waals surface area (Å²) >= 11 is 12.3. The first-order chi connectivity index (χ1) is 10.4. The Labute approximate surface area is 140 Å². The molecule has 2 rings (SSSR count). The van der Waals surface area contributed by atoms with E-state index in [1.165, 1.54) is 20.3 Å². The second-order valence-corrected chi connectivity index (χ2v) is 6.06. The molecule has 0 saturated carbocycles. The summed E-state index contributed by atoms with van der Waals surface area (Å²) in [5.74, 6) is 0.291. The number of carbonyl (C=O) groups is 1. The first kappa shape index (κ1) is 17.2. The number of ether oxygens (including phenoxy) is 3. The number of halogens is 2. The molecule has 0 N–H and O–H groups in total. The highest BCUT2D eigenvalue weighted by atomic mass is 35.5. The summed E-state index contributed by atoms with van der Waals surface area (Å²) in [7, 11) is 2.91. The van der Waals surface area contributed by atoms with Crippen LogP contribution in [-0.2, 0) is 4.74 Å². The number of hydrogen-bond donors (Lipinski definition) is 0. The van der Waals surface area contributed by atoms with Gasteiger partial charge in [0.25, 0.3) is 5.91 Å². The van der Waals surface area contributed by atoms with Crippen LogP contribution in [0, 0.1) is 0 Å². The highest BCUT2D eigenvalue weighted by molar-refractivity contribution is 6.37. The van der Waals surface area contributed by atoms with Gasteiger partial charge >= 0.3 is 0 Å². The molecule has 1 fully saturated rings. The van der Waals surface area contributed by atoms with Crippen LogP contribution in [0.3, 0.4) is 0 Å². The molecule has 1 aromatic carbocycles. The maximum atomic E-state index is 12.9. The van der Waals surface area contributed by atoms with Crippen molar-refractivity contribution < 1.29 is 19.0 Å². The van der Waals surface area contributed by atoms with E-state index in [1.54, 1.807) is 4.90 Å². The summed E-state index contributed by atoms with van der Waals surface area (Å²) in [4.78, 5) is 14.6. The maximum absolute atomic E-state index is 12.9. The molecule has 0 aromatic heterocycles. The third-order valence-corrected chi connectivity index (χ3v) is 4.03. The van der Waals surface area contributed by atoms with Crippen molar-refractivity contribution in [3.8, 4) is 11.5 Å². The minimum Gasteiger partial charge on any atom is -0.494 e. The van der Waals surface area contributed by atoms with E-state index in [0.29, 0.717) is 13.1 Å². The molecule has 0 bridgehead atoms. The molecule has 1 heterocycles. The van der Waals surface area contributed by atoms with E-state index in [2.05, 4.69) is 0 Å². The molecular formula is C15H19Cl2NO4. The molecule has 0 spiro atoms. The number of nitrogens with zero attached hydrogens (tertiary/aromatic N) is 1. The van der Waals surface area contributed by atoms with Crippen LogP contribution in [0.25, 0.3) is 0 Å². The fourth-order valence-corrected chi connectivity index (χ4v) is 3.30. The van der Waals surface area contributed by atoms with E-state index in [4.69, 9.17) is 37.4 Å². The molecule has 5 nitrogen and oxygen atoms in total. The average molecular weight is 348 g/mol. The predicted molar refractivity (Wildman–Crippen MR) is 85.5 cm³/mol. The molecule has 0 radical (unpaired) electrons. The SMILES string of the molecule is COc1c(Cl)cc(Cl)c(OC)c1C(=O)N1CC(C)OC(C)C1. The minimum atomic E-state index is -0.236. The standard InChI is InChI=1S/C15H19Cl2NO4/c1-8-6-18(7-9(2)22-8)15(19)12-13(20-3)10(16)5-11(17)14(12)21-4/h5,8-9H,6-7H2,1-4H3. The number of amides is 1. The zero-order valence-corrected chi connectivity index (χ0v) is 14.5. The normalized spacial score (nSPS) is 21.6. The van der Waals surface area contributed by atoms with Crippen molar-refractivity contribution in [2.75, 3.05) is 27.3 Å². The Bertz CT molecular complexity index is 541. The van der Waals surface area contributed by atoms with Gasteiger partial charge in [-0.1, -0.05) is 23.2 Å². The van der Waals surface area contributed by atoms with Crippen LogP contribution >= 0.6 is 23.2 Å². The molecule has 2 atom stereocenters. The molecule has 0 aliphatic carbocycles. The van der Waals surface area contributed by atoms with Gasteiger partial charge in [0.1, 0.15) is 5.56 Å². The van der Waals surface area contributed by atoms with E-state index in [0.717, 1.165) is 0 Å². The van der Waals surface area contributed by atoms with E-state index in [9.17, 15) is 4.79 Å². The Morgan fingerprint density at radius 2 is 1.59 bits per heavy atom. The van der Waals surface area contributed by atoms with Crippen LogP contribution in [0.15, 0.2) is 6.07 Å². The molecule has 7 heteroatoms. The van der Waals surface area contributed by atoms with Gasteiger partial charge in [0.15, 0.2) is 11.5 Å². The third-order valence-electron chi connectivity index (χ3n) is 3.47. The number of carbonyl (C=O) groups excluding carboxylic acids is 1. The first-order valence-electron chi connectivity index (χ1n) is 6.93. The van der Waals surface area contributed by atoms with Crippen molar-refractivity contribution in [2.45, 2.75) is 26.1 Å². The molecule has 1 aliphatic heterocycles. The number of benzene rings is 1. The van der Waals surface area contributed by atoms with E-state index in [-0.39, 0.29) is 45.2 Å². The van der Waals surface area contributed by atoms with Crippen LogP contribution in [0.2, 0.25) is 10.0 Å². The lowest BCUT2D eigenvalue weighted by molar-refractivity contribution is -0.0587. The summed E-state index contributed by atoms with van der Waals surface area (Å²) in [5.41, 5.74) is 0.240. The fourth-order valence-electron chi connectivity index (χ4n) is 2.68. The van der Waals surface area contributed by atoms with Gasteiger partial charge in [-0.2, -0.15) is 0 Å². The molecule has 1 aromatic rings. The smallest absolute Gasteiger partial charge is 0.261 e. The molecule has 1 amide bonds. The van der Waals surface area contributed by atoms with Crippen molar-refractivity contribution in [1.29, 1.82) is 0 Å². The van der Waals surface area contributed by atoms with Gasteiger partial charge in [0.05, 0.1) is 36.5 Å². The molecule has 1 aliphatic rings. The highest BCUT2D eigenvalue weighted by Crippen LogP contribution is 2.41. The number of hydrogen-bond acceptors (Lipinski definition) is 4. The average Bonchev–Trinajstić information content (AvgIpc) is 2.44. The van der Waals surface area contributed by atoms with Gasteiger partial charge in [-0.25, -0.2) is 0 Å². The van der Waals surface area contributed by atoms with Gasteiger partial charge in [-0.15, -0.1) is 0 Å². The van der Waals surface area contributed by atoms with Crippen molar-refractivity contribution in [3.05, 3.63) is 21.7 Å². The topological polar surface area (TPSA) is 48.0 Å². The zero-order chi connectivity index (χ0) is 16.4. The maximum Gasteiger partial charge on any atom is 0.261 e.